The van der Waals surface area contributed by atoms with E-state index in [2.05, 4.69) is 19.9 Å². The quantitative estimate of drug-likeness (QED) is 0.224. The van der Waals surface area contributed by atoms with Crippen LogP contribution >= 0.6 is 0 Å². The van der Waals surface area contributed by atoms with Crippen LogP contribution in [0.1, 0.15) is 60.5 Å². The summed E-state index contributed by atoms with van der Waals surface area (Å²) in [6.07, 6.45) is -3.49. The molecule has 0 unspecified atom stereocenters. The zero-order chi connectivity index (χ0) is 31.4. The molecule has 0 spiro atoms. The lowest BCUT2D eigenvalue weighted by Gasteiger charge is -2.23. The van der Waals surface area contributed by atoms with Gasteiger partial charge >= 0.3 is 12.5 Å². The van der Waals surface area contributed by atoms with E-state index in [1.807, 2.05) is 13.0 Å². The average molecular weight is 612 g/mol. The number of benzene rings is 1. The Bertz CT molecular complexity index is 1590. The first-order chi connectivity index (χ1) is 20.2. The molecule has 1 aliphatic carbocycles. The molecular weight excluding hydrogens is 583 g/mol. The minimum absolute atomic E-state index is 0.153. The fraction of sp³-hybridized carbons (Fsp3) is 0.379. The van der Waals surface area contributed by atoms with E-state index in [4.69, 9.17) is 0 Å². The van der Waals surface area contributed by atoms with Crippen molar-refractivity contribution in [1.29, 1.82) is 0 Å². The van der Waals surface area contributed by atoms with Crippen LogP contribution in [0, 0.1) is 12.7 Å². The molecule has 0 aliphatic heterocycles. The van der Waals surface area contributed by atoms with Gasteiger partial charge in [-0.15, -0.1) is 13.2 Å². The van der Waals surface area contributed by atoms with E-state index in [0.29, 0.717) is 17.5 Å². The number of nitrogens with zero attached hydrogens (tertiary/aromatic N) is 5. The highest BCUT2D eigenvalue weighted by molar-refractivity contribution is 5.62. The summed E-state index contributed by atoms with van der Waals surface area (Å²) in [7, 11) is 1.14. The molecule has 1 saturated carbocycles. The number of hydrogen-bond acceptors (Lipinski definition) is 5. The molecule has 0 bridgehead atoms. The molecule has 5 rings (SSSR count). The summed E-state index contributed by atoms with van der Waals surface area (Å²) in [6, 6.07) is 10.1. The molecule has 0 amide bonds. The molecule has 230 valence electrons. The molecular formula is C29H28F7N5O2. The molecule has 1 aliphatic rings. The smallest absolute Gasteiger partial charge is 0.404 e. The van der Waals surface area contributed by atoms with Crippen molar-refractivity contribution in [2.45, 2.75) is 64.0 Å². The van der Waals surface area contributed by atoms with Gasteiger partial charge in [-0.2, -0.15) is 23.4 Å². The summed E-state index contributed by atoms with van der Waals surface area (Å²) in [5.41, 5.74) is -1.15. The number of rotatable bonds is 5. The van der Waals surface area contributed by atoms with Crippen LogP contribution in [0.5, 0.6) is 5.75 Å². The van der Waals surface area contributed by atoms with Crippen LogP contribution < -0.4 is 10.3 Å². The molecule has 14 heteroatoms. The Kier molecular flexibility index (Phi) is 9.55. The third kappa shape index (κ3) is 8.20. The van der Waals surface area contributed by atoms with Crippen LogP contribution in [0.15, 0.2) is 59.7 Å². The van der Waals surface area contributed by atoms with Crippen molar-refractivity contribution >= 4 is 0 Å². The van der Waals surface area contributed by atoms with Gasteiger partial charge in [0.2, 0.25) is 0 Å². The van der Waals surface area contributed by atoms with E-state index in [0.717, 1.165) is 48.8 Å². The third-order valence-corrected chi connectivity index (χ3v) is 6.88. The SMILES string of the molecule is Cc1cccc(F)c1.Cn1ncc(-c2cc(C3CCCCC3)c(=O)n(Cc3ncccc3OC(F)(F)F)n2)c1C(F)(F)F. The third-order valence-electron chi connectivity index (χ3n) is 6.88. The predicted octanol–water partition coefficient (Wildman–Crippen LogP) is 7.19. The van der Waals surface area contributed by atoms with Gasteiger partial charge in [0.05, 0.1) is 24.0 Å². The van der Waals surface area contributed by atoms with E-state index in [-0.39, 0.29) is 34.2 Å². The summed E-state index contributed by atoms with van der Waals surface area (Å²) >= 11 is 0. The number of pyridine rings is 1. The van der Waals surface area contributed by atoms with Crippen LogP contribution in [0.3, 0.4) is 0 Å². The molecule has 3 heterocycles. The van der Waals surface area contributed by atoms with Crippen molar-refractivity contribution in [3.63, 3.8) is 0 Å². The predicted molar refractivity (Wildman–Crippen MR) is 143 cm³/mol. The number of ether oxygens (including phenoxy) is 1. The summed E-state index contributed by atoms with van der Waals surface area (Å²) < 4.78 is 97.4. The Morgan fingerprint density at radius 1 is 1.00 bits per heavy atom. The molecule has 0 N–H and O–H groups in total. The Morgan fingerprint density at radius 2 is 1.72 bits per heavy atom. The number of halogens is 7. The van der Waals surface area contributed by atoms with Gasteiger partial charge in [-0.25, -0.2) is 9.07 Å². The van der Waals surface area contributed by atoms with Crippen LogP contribution in [0.2, 0.25) is 0 Å². The van der Waals surface area contributed by atoms with Crippen molar-refractivity contribution in [3.05, 3.63) is 93.5 Å². The van der Waals surface area contributed by atoms with E-state index >= 15 is 0 Å². The highest BCUT2D eigenvalue weighted by atomic mass is 19.4. The lowest BCUT2D eigenvalue weighted by molar-refractivity contribution is -0.275. The zero-order valence-electron chi connectivity index (χ0n) is 23.2. The lowest BCUT2D eigenvalue weighted by atomic mass is 9.84. The minimum Gasteiger partial charge on any atom is -0.404 e. The van der Waals surface area contributed by atoms with Crippen molar-refractivity contribution in [2.24, 2.45) is 7.05 Å². The maximum absolute atomic E-state index is 13.7. The van der Waals surface area contributed by atoms with Crippen molar-refractivity contribution < 1.29 is 35.5 Å². The fourth-order valence-corrected chi connectivity index (χ4v) is 4.98. The number of aryl methyl sites for hydroxylation is 2. The Labute approximate surface area is 241 Å². The first-order valence-electron chi connectivity index (χ1n) is 13.4. The van der Waals surface area contributed by atoms with Gasteiger partial charge in [0.1, 0.15) is 11.5 Å². The summed E-state index contributed by atoms with van der Waals surface area (Å²) in [4.78, 5) is 17.2. The Morgan fingerprint density at radius 3 is 2.33 bits per heavy atom. The van der Waals surface area contributed by atoms with Gasteiger partial charge in [0.15, 0.2) is 11.4 Å². The summed E-state index contributed by atoms with van der Waals surface area (Å²) in [5, 5.41) is 7.80. The van der Waals surface area contributed by atoms with Gasteiger partial charge in [-0.3, -0.25) is 14.5 Å². The van der Waals surface area contributed by atoms with E-state index in [9.17, 15) is 35.5 Å². The second-order valence-electron chi connectivity index (χ2n) is 10.1. The van der Waals surface area contributed by atoms with E-state index in [1.165, 1.54) is 30.5 Å². The number of hydrogen-bond donors (Lipinski definition) is 0. The van der Waals surface area contributed by atoms with E-state index < -0.39 is 36.1 Å². The lowest BCUT2D eigenvalue weighted by Crippen LogP contribution is -2.30. The van der Waals surface area contributed by atoms with Gasteiger partial charge in [-0.05, 0) is 61.6 Å². The van der Waals surface area contributed by atoms with Crippen molar-refractivity contribution in [1.82, 2.24) is 24.5 Å². The monoisotopic (exact) mass is 611 g/mol. The first-order valence-corrected chi connectivity index (χ1v) is 13.4. The fourth-order valence-electron chi connectivity index (χ4n) is 4.98. The molecule has 0 saturated heterocycles. The largest absolute Gasteiger partial charge is 0.573 e. The summed E-state index contributed by atoms with van der Waals surface area (Å²) in [6.45, 7) is 1.34. The maximum Gasteiger partial charge on any atom is 0.573 e. The standard InChI is InChI=1S/C22H21F6N5O2.C7H7F/c1-32-19(21(23,24)25)15(11-30-32)16-10-14(13-6-3-2-4-7-13)20(34)33(31-16)12-17-18(8-5-9-29-17)35-22(26,27)28;1-6-3-2-4-7(8)5-6/h5,8-11,13H,2-4,6-7,12H2,1H3;2-5H,1H3. The normalized spacial score (nSPS) is 14.3. The van der Waals surface area contributed by atoms with E-state index in [1.54, 1.807) is 6.07 Å². The topological polar surface area (TPSA) is 74.8 Å². The number of alkyl halides is 6. The van der Waals surface area contributed by atoms with Gasteiger partial charge in [0, 0.05) is 18.8 Å². The van der Waals surface area contributed by atoms with Crippen LogP contribution in [-0.2, 0) is 19.8 Å². The van der Waals surface area contributed by atoms with Crippen LogP contribution in [0.25, 0.3) is 11.3 Å². The van der Waals surface area contributed by atoms with Crippen LogP contribution in [-0.4, -0.2) is 30.9 Å². The highest BCUT2D eigenvalue weighted by Crippen LogP contribution is 2.38. The average Bonchev–Trinajstić information content (AvgIpc) is 3.33. The molecule has 4 aromatic rings. The molecule has 0 atom stereocenters. The maximum atomic E-state index is 13.7. The van der Waals surface area contributed by atoms with Gasteiger partial charge in [-0.1, -0.05) is 31.4 Å². The molecule has 1 aromatic carbocycles. The Hall–Kier alpha value is -4.23. The van der Waals surface area contributed by atoms with Gasteiger partial charge < -0.3 is 4.74 Å². The van der Waals surface area contributed by atoms with Crippen molar-refractivity contribution in [2.75, 3.05) is 0 Å². The highest BCUT2D eigenvalue weighted by Gasteiger charge is 2.39. The molecule has 43 heavy (non-hydrogen) atoms. The molecule has 0 radical (unpaired) electrons. The first kappa shape index (κ1) is 31.7. The second-order valence-corrected chi connectivity index (χ2v) is 10.1. The molecule has 3 aromatic heterocycles. The Balaban J connectivity index is 0.000000458. The summed E-state index contributed by atoms with van der Waals surface area (Å²) in [5.74, 6) is -0.995. The van der Waals surface area contributed by atoms with Gasteiger partial charge in [0.25, 0.3) is 5.56 Å². The minimum atomic E-state index is -5.00. The number of aromatic nitrogens is 5. The molecule has 1 fully saturated rings. The second kappa shape index (κ2) is 13.0. The van der Waals surface area contributed by atoms with Crippen LogP contribution in [0.4, 0.5) is 30.7 Å². The molecule has 7 nitrogen and oxygen atoms in total. The van der Waals surface area contributed by atoms with Crippen molar-refractivity contribution in [3.8, 4) is 17.0 Å². The zero-order valence-corrected chi connectivity index (χ0v) is 23.2.